The fraction of sp³-hybridized carbons (Fsp3) is 0.0667. The summed E-state index contributed by atoms with van der Waals surface area (Å²) in [6, 6.07) is 12.6. The molecule has 0 aliphatic carbocycles. The largest absolute Gasteiger partial charge is 0.508 e. The Bertz CT molecular complexity index is 547. The molecule has 0 spiro atoms. The highest BCUT2D eigenvalue weighted by Crippen LogP contribution is 2.31. The van der Waals surface area contributed by atoms with Gasteiger partial charge in [0.15, 0.2) is 0 Å². The molecule has 0 saturated carbocycles. The van der Waals surface area contributed by atoms with Crippen LogP contribution in [0.2, 0.25) is 5.02 Å². The van der Waals surface area contributed by atoms with Gasteiger partial charge in [0.25, 0.3) is 0 Å². The predicted molar refractivity (Wildman–Crippen MR) is 74.2 cm³/mol. The highest BCUT2D eigenvalue weighted by Gasteiger charge is 2.04. The molecule has 0 bridgehead atoms. The standard InChI is InChI=1S/C15H13ClO2/c1-2-9-18-15-8-5-12(10-14(15)16)11-3-6-13(17)7-4-11/h2-8,10,17H,1,9H2. The third-order valence-corrected chi connectivity index (χ3v) is 2.78. The van der Waals surface area contributed by atoms with E-state index in [1.165, 1.54) is 0 Å². The van der Waals surface area contributed by atoms with Gasteiger partial charge in [0.1, 0.15) is 18.1 Å². The molecule has 0 heterocycles. The maximum Gasteiger partial charge on any atom is 0.138 e. The molecule has 0 radical (unpaired) electrons. The molecule has 0 saturated heterocycles. The molecule has 0 unspecified atom stereocenters. The summed E-state index contributed by atoms with van der Waals surface area (Å²) in [7, 11) is 0. The van der Waals surface area contributed by atoms with Crippen molar-refractivity contribution in [3.8, 4) is 22.6 Å². The van der Waals surface area contributed by atoms with E-state index in [1.807, 2.05) is 30.3 Å². The van der Waals surface area contributed by atoms with Gasteiger partial charge in [-0.2, -0.15) is 0 Å². The van der Waals surface area contributed by atoms with Crippen LogP contribution in [0, 0.1) is 0 Å². The van der Waals surface area contributed by atoms with Crippen LogP contribution >= 0.6 is 11.6 Å². The van der Waals surface area contributed by atoms with E-state index in [9.17, 15) is 5.11 Å². The third-order valence-electron chi connectivity index (χ3n) is 2.49. The van der Waals surface area contributed by atoms with Gasteiger partial charge in [0.05, 0.1) is 5.02 Å². The summed E-state index contributed by atoms with van der Waals surface area (Å²) in [6.07, 6.45) is 1.67. The van der Waals surface area contributed by atoms with E-state index in [1.54, 1.807) is 18.2 Å². The third kappa shape index (κ3) is 2.84. The van der Waals surface area contributed by atoms with Crippen molar-refractivity contribution >= 4 is 11.6 Å². The van der Waals surface area contributed by atoms with Crippen LogP contribution in [0.3, 0.4) is 0 Å². The van der Waals surface area contributed by atoms with Crippen LogP contribution in [-0.4, -0.2) is 11.7 Å². The lowest BCUT2D eigenvalue weighted by Crippen LogP contribution is -1.93. The smallest absolute Gasteiger partial charge is 0.138 e. The van der Waals surface area contributed by atoms with Crippen molar-refractivity contribution in [2.24, 2.45) is 0 Å². The zero-order chi connectivity index (χ0) is 13.0. The minimum Gasteiger partial charge on any atom is -0.508 e. The SMILES string of the molecule is C=CCOc1ccc(-c2ccc(O)cc2)cc1Cl. The summed E-state index contributed by atoms with van der Waals surface area (Å²) in [5.74, 6) is 0.884. The fourth-order valence-electron chi connectivity index (χ4n) is 1.60. The van der Waals surface area contributed by atoms with Crippen LogP contribution in [0.5, 0.6) is 11.5 Å². The second-order valence-electron chi connectivity index (χ2n) is 3.79. The number of phenols is 1. The van der Waals surface area contributed by atoms with Crippen molar-refractivity contribution in [3.63, 3.8) is 0 Å². The van der Waals surface area contributed by atoms with E-state index in [0.717, 1.165) is 11.1 Å². The van der Waals surface area contributed by atoms with E-state index in [-0.39, 0.29) is 5.75 Å². The lowest BCUT2D eigenvalue weighted by atomic mass is 10.1. The van der Waals surface area contributed by atoms with Gasteiger partial charge in [-0.1, -0.05) is 42.5 Å². The van der Waals surface area contributed by atoms with Crippen LogP contribution in [-0.2, 0) is 0 Å². The van der Waals surface area contributed by atoms with Gasteiger partial charge in [-0.25, -0.2) is 0 Å². The maximum absolute atomic E-state index is 9.24. The number of halogens is 1. The van der Waals surface area contributed by atoms with Gasteiger partial charge >= 0.3 is 0 Å². The Balaban J connectivity index is 2.28. The summed E-state index contributed by atoms with van der Waals surface area (Å²) >= 11 is 6.14. The van der Waals surface area contributed by atoms with E-state index >= 15 is 0 Å². The van der Waals surface area contributed by atoms with Crippen molar-refractivity contribution in [3.05, 3.63) is 60.1 Å². The topological polar surface area (TPSA) is 29.5 Å². The second kappa shape index (κ2) is 5.61. The Kier molecular flexibility index (Phi) is 3.90. The minimum absolute atomic E-state index is 0.246. The van der Waals surface area contributed by atoms with Crippen molar-refractivity contribution < 1.29 is 9.84 Å². The molecular weight excluding hydrogens is 248 g/mol. The fourth-order valence-corrected chi connectivity index (χ4v) is 1.84. The summed E-state index contributed by atoms with van der Waals surface area (Å²) < 4.78 is 5.41. The molecule has 2 rings (SSSR count). The monoisotopic (exact) mass is 260 g/mol. The summed E-state index contributed by atoms with van der Waals surface area (Å²) in [6.45, 7) is 4.02. The molecule has 18 heavy (non-hydrogen) atoms. The zero-order valence-electron chi connectivity index (χ0n) is 9.77. The normalized spacial score (nSPS) is 10.1. The van der Waals surface area contributed by atoms with Gasteiger partial charge in [-0.05, 0) is 35.4 Å². The lowest BCUT2D eigenvalue weighted by molar-refractivity contribution is 0.363. The van der Waals surface area contributed by atoms with Gasteiger partial charge in [0, 0.05) is 0 Å². The first-order chi connectivity index (χ1) is 8.70. The number of hydrogen-bond donors (Lipinski definition) is 1. The van der Waals surface area contributed by atoms with Crippen LogP contribution in [0.1, 0.15) is 0 Å². The molecule has 2 nitrogen and oxygen atoms in total. The van der Waals surface area contributed by atoms with Gasteiger partial charge in [0.2, 0.25) is 0 Å². The van der Waals surface area contributed by atoms with E-state index < -0.39 is 0 Å². The Morgan fingerprint density at radius 3 is 2.39 bits per heavy atom. The average molecular weight is 261 g/mol. The van der Waals surface area contributed by atoms with E-state index in [4.69, 9.17) is 16.3 Å². The number of aromatic hydroxyl groups is 1. The maximum atomic E-state index is 9.24. The van der Waals surface area contributed by atoms with Crippen LogP contribution in [0.15, 0.2) is 55.1 Å². The molecule has 0 aliphatic heterocycles. The molecule has 2 aromatic rings. The molecule has 3 heteroatoms. The van der Waals surface area contributed by atoms with Crippen molar-refractivity contribution in [2.75, 3.05) is 6.61 Å². The Morgan fingerprint density at radius 2 is 1.78 bits per heavy atom. The lowest BCUT2D eigenvalue weighted by Gasteiger charge is -2.08. The average Bonchev–Trinajstić information content (AvgIpc) is 2.38. The van der Waals surface area contributed by atoms with Gasteiger partial charge < -0.3 is 9.84 Å². The summed E-state index contributed by atoms with van der Waals surface area (Å²) in [5.41, 5.74) is 1.97. The quantitative estimate of drug-likeness (QED) is 0.832. The molecule has 0 atom stereocenters. The van der Waals surface area contributed by atoms with Crippen molar-refractivity contribution in [1.29, 1.82) is 0 Å². The molecule has 0 amide bonds. The number of ether oxygens (including phenoxy) is 1. The predicted octanol–water partition coefficient (Wildman–Crippen LogP) is 4.28. The summed E-state index contributed by atoms with van der Waals surface area (Å²) in [5, 5.41) is 9.80. The second-order valence-corrected chi connectivity index (χ2v) is 4.20. The molecule has 0 aliphatic rings. The van der Waals surface area contributed by atoms with E-state index in [0.29, 0.717) is 17.4 Å². The van der Waals surface area contributed by atoms with Crippen LogP contribution in [0.4, 0.5) is 0 Å². The van der Waals surface area contributed by atoms with Crippen molar-refractivity contribution in [2.45, 2.75) is 0 Å². The highest BCUT2D eigenvalue weighted by molar-refractivity contribution is 6.32. The molecule has 2 aromatic carbocycles. The summed E-state index contributed by atoms with van der Waals surface area (Å²) in [4.78, 5) is 0. The molecule has 0 aromatic heterocycles. The van der Waals surface area contributed by atoms with E-state index in [2.05, 4.69) is 6.58 Å². The van der Waals surface area contributed by atoms with Crippen LogP contribution in [0.25, 0.3) is 11.1 Å². The van der Waals surface area contributed by atoms with Gasteiger partial charge in [-0.3, -0.25) is 0 Å². The van der Waals surface area contributed by atoms with Crippen LogP contribution < -0.4 is 4.74 Å². The first-order valence-electron chi connectivity index (χ1n) is 5.53. The van der Waals surface area contributed by atoms with Gasteiger partial charge in [-0.15, -0.1) is 0 Å². The minimum atomic E-state index is 0.246. The Morgan fingerprint density at radius 1 is 1.11 bits per heavy atom. The number of phenolic OH excluding ortho intramolecular Hbond substituents is 1. The molecule has 92 valence electrons. The number of rotatable bonds is 4. The zero-order valence-corrected chi connectivity index (χ0v) is 10.5. The molecule has 0 fully saturated rings. The van der Waals surface area contributed by atoms with Crippen molar-refractivity contribution in [1.82, 2.24) is 0 Å². The number of benzene rings is 2. The number of hydrogen-bond acceptors (Lipinski definition) is 2. The molecular formula is C15H13ClO2. The Labute approximate surface area is 111 Å². The highest BCUT2D eigenvalue weighted by atomic mass is 35.5. The first kappa shape index (κ1) is 12.5. The Hall–Kier alpha value is -1.93. The first-order valence-corrected chi connectivity index (χ1v) is 5.91. The molecule has 1 N–H and O–H groups in total.